The van der Waals surface area contributed by atoms with E-state index in [-0.39, 0.29) is 18.1 Å². The van der Waals surface area contributed by atoms with Gasteiger partial charge in [-0.25, -0.2) is 0 Å². The van der Waals surface area contributed by atoms with Gasteiger partial charge in [-0.05, 0) is 63.3 Å². The lowest BCUT2D eigenvalue weighted by atomic mass is 9.98. The number of nitrogens with zero attached hydrogens (tertiary/aromatic N) is 4. The molecule has 0 radical (unpaired) electrons. The van der Waals surface area contributed by atoms with E-state index in [1.807, 2.05) is 54.3 Å². The summed E-state index contributed by atoms with van der Waals surface area (Å²) in [7, 11) is 0. The Morgan fingerprint density at radius 1 is 1.12 bits per heavy atom. The zero-order valence-corrected chi connectivity index (χ0v) is 18.4. The van der Waals surface area contributed by atoms with Crippen LogP contribution in [0.5, 0.6) is 5.75 Å². The fraction of sp³-hybridized carbons (Fsp3) is 0.400. The van der Waals surface area contributed by atoms with Crippen LogP contribution < -0.4 is 4.74 Å². The Labute approximate surface area is 187 Å². The number of para-hydroxylation sites is 1. The number of piperidine rings is 1. The summed E-state index contributed by atoms with van der Waals surface area (Å²) in [5, 5.41) is 19.0. The molecule has 1 aliphatic heterocycles. The van der Waals surface area contributed by atoms with Crippen LogP contribution in [0.4, 0.5) is 0 Å². The number of aliphatic hydroxyl groups is 1. The predicted molar refractivity (Wildman–Crippen MR) is 120 cm³/mol. The molecular formula is C25H28N4O3. The number of carbonyl (C=O) groups excluding carboxylic acids is 1. The van der Waals surface area contributed by atoms with Crippen LogP contribution in [0.25, 0.3) is 5.69 Å². The average Bonchev–Trinajstić information content (AvgIpc) is 3.43. The van der Waals surface area contributed by atoms with Gasteiger partial charge >= 0.3 is 0 Å². The summed E-state index contributed by atoms with van der Waals surface area (Å²) in [6.07, 6.45) is 6.36. The molecule has 5 rings (SSSR count). The van der Waals surface area contributed by atoms with E-state index in [0.29, 0.717) is 24.2 Å². The summed E-state index contributed by atoms with van der Waals surface area (Å²) < 4.78 is 6.42. The van der Waals surface area contributed by atoms with Crippen LogP contribution in [0.15, 0.2) is 54.9 Å². The lowest BCUT2D eigenvalue weighted by Crippen LogP contribution is -2.49. The molecule has 7 nitrogen and oxygen atoms in total. The molecule has 1 N–H and O–H groups in total. The Bertz CT molecular complexity index is 1130. The molecule has 7 heteroatoms. The minimum Gasteiger partial charge on any atom is -0.488 e. The second-order valence-electron chi connectivity index (χ2n) is 9.02. The largest absolute Gasteiger partial charge is 0.488 e. The number of hydrogen-bond donors (Lipinski definition) is 1. The molecule has 1 aliphatic carbocycles. The molecule has 1 amide bonds. The first-order valence-electron chi connectivity index (χ1n) is 11.2. The van der Waals surface area contributed by atoms with Crippen molar-refractivity contribution in [1.82, 2.24) is 19.9 Å². The van der Waals surface area contributed by atoms with E-state index in [2.05, 4.69) is 17.1 Å². The Balaban J connectivity index is 1.38. The monoisotopic (exact) mass is 432 g/mol. The molecule has 0 spiro atoms. The Morgan fingerprint density at radius 3 is 2.72 bits per heavy atom. The maximum absolute atomic E-state index is 13.6. The van der Waals surface area contributed by atoms with Gasteiger partial charge in [0.15, 0.2) is 0 Å². The number of aromatic nitrogens is 3. The van der Waals surface area contributed by atoms with Gasteiger partial charge in [-0.2, -0.15) is 15.0 Å². The van der Waals surface area contributed by atoms with Gasteiger partial charge in [-0.1, -0.05) is 24.3 Å². The maximum Gasteiger partial charge on any atom is 0.256 e. The number of carbonyl (C=O) groups is 1. The van der Waals surface area contributed by atoms with Crippen molar-refractivity contribution < 1.29 is 14.6 Å². The van der Waals surface area contributed by atoms with E-state index in [1.54, 1.807) is 12.4 Å². The third-order valence-corrected chi connectivity index (χ3v) is 6.74. The van der Waals surface area contributed by atoms with Crippen molar-refractivity contribution in [2.75, 3.05) is 6.54 Å². The fourth-order valence-corrected chi connectivity index (χ4v) is 4.90. The molecule has 2 heterocycles. The van der Waals surface area contributed by atoms with Gasteiger partial charge in [0.1, 0.15) is 11.9 Å². The molecule has 1 aromatic heterocycles. The van der Waals surface area contributed by atoms with Crippen molar-refractivity contribution in [3.05, 3.63) is 71.5 Å². The quantitative estimate of drug-likeness (QED) is 0.683. The number of rotatable bonds is 4. The average molecular weight is 433 g/mol. The van der Waals surface area contributed by atoms with Crippen molar-refractivity contribution in [3.63, 3.8) is 0 Å². The first-order chi connectivity index (χ1) is 15.4. The summed E-state index contributed by atoms with van der Waals surface area (Å²) in [6, 6.07) is 13.4. The van der Waals surface area contributed by atoms with E-state index in [1.165, 1.54) is 4.80 Å². The molecule has 1 saturated heterocycles. The Morgan fingerprint density at radius 2 is 1.91 bits per heavy atom. The van der Waals surface area contributed by atoms with Gasteiger partial charge in [0.2, 0.25) is 0 Å². The zero-order chi connectivity index (χ0) is 22.3. The van der Waals surface area contributed by atoms with Crippen LogP contribution in [0, 0.1) is 0 Å². The van der Waals surface area contributed by atoms with E-state index < -0.39 is 5.60 Å². The third kappa shape index (κ3) is 3.66. The van der Waals surface area contributed by atoms with Crippen LogP contribution >= 0.6 is 0 Å². The first kappa shape index (κ1) is 20.7. The fourth-order valence-electron chi connectivity index (χ4n) is 4.90. The summed E-state index contributed by atoms with van der Waals surface area (Å²) >= 11 is 0. The number of ether oxygens (including phenoxy) is 1. The van der Waals surface area contributed by atoms with Gasteiger partial charge in [-0.3, -0.25) is 4.79 Å². The predicted octanol–water partition coefficient (Wildman–Crippen LogP) is 3.49. The highest BCUT2D eigenvalue weighted by molar-refractivity contribution is 5.98. The minimum atomic E-state index is -0.804. The highest BCUT2D eigenvalue weighted by Crippen LogP contribution is 2.41. The van der Waals surface area contributed by atoms with Crippen molar-refractivity contribution in [2.45, 2.75) is 57.3 Å². The van der Waals surface area contributed by atoms with Crippen molar-refractivity contribution in [3.8, 4) is 11.4 Å². The second kappa shape index (κ2) is 8.06. The molecule has 0 saturated carbocycles. The molecule has 3 aromatic rings. The number of benzene rings is 2. The number of amides is 1. The van der Waals surface area contributed by atoms with Crippen LogP contribution in [0.3, 0.4) is 0 Å². The molecule has 2 aliphatic rings. The van der Waals surface area contributed by atoms with Crippen LogP contribution in [0.2, 0.25) is 0 Å². The second-order valence-corrected chi connectivity index (χ2v) is 9.02. The van der Waals surface area contributed by atoms with Gasteiger partial charge in [0.25, 0.3) is 5.91 Å². The number of likely N-dealkylation sites (tertiary alicyclic amines) is 1. The first-order valence-corrected chi connectivity index (χ1v) is 11.2. The molecule has 0 unspecified atom stereocenters. The zero-order valence-electron chi connectivity index (χ0n) is 18.4. The highest BCUT2D eigenvalue weighted by Gasteiger charge is 2.36. The molecule has 3 atom stereocenters. The Hall–Kier alpha value is -3.19. The normalized spacial score (nSPS) is 24.9. The summed E-state index contributed by atoms with van der Waals surface area (Å²) in [5.41, 5.74) is 2.48. The SMILES string of the molecule is C[C@@H]1CC[C@@H](Oc2cccc3c2CC[C@]3(C)O)CN1C(=O)c1ccccc1-n1nccn1. The van der Waals surface area contributed by atoms with E-state index >= 15 is 0 Å². The number of hydrogen-bond acceptors (Lipinski definition) is 5. The van der Waals surface area contributed by atoms with Crippen LogP contribution in [0.1, 0.15) is 54.6 Å². The van der Waals surface area contributed by atoms with Crippen molar-refractivity contribution in [2.24, 2.45) is 0 Å². The lowest BCUT2D eigenvalue weighted by Gasteiger charge is -2.38. The molecular weight excluding hydrogens is 404 g/mol. The molecule has 32 heavy (non-hydrogen) atoms. The van der Waals surface area contributed by atoms with Gasteiger partial charge < -0.3 is 14.7 Å². The summed E-state index contributed by atoms with van der Waals surface area (Å²) in [5.74, 6) is 0.785. The smallest absolute Gasteiger partial charge is 0.256 e. The Kier molecular flexibility index (Phi) is 5.21. The number of fused-ring (bicyclic) bond motifs is 1. The highest BCUT2D eigenvalue weighted by atomic mass is 16.5. The molecule has 1 fully saturated rings. The van der Waals surface area contributed by atoms with Gasteiger partial charge in [0.05, 0.1) is 35.8 Å². The molecule has 0 bridgehead atoms. The van der Waals surface area contributed by atoms with E-state index in [9.17, 15) is 9.90 Å². The topological polar surface area (TPSA) is 80.5 Å². The van der Waals surface area contributed by atoms with Crippen molar-refractivity contribution in [1.29, 1.82) is 0 Å². The van der Waals surface area contributed by atoms with Gasteiger partial charge in [-0.15, -0.1) is 0 Å². The summed E-state index contributed by atoms with van der Waals surface area (Å²) in [6.45, 7) is 4.46. The van der Waals surface area contributed by atoms with E-state index in [0.717, 1.165) is 36.1 Å². The standard InChI is InChI=1S/C25H28N4O3/c1-17-10-11-18(32-23-9-5-7-21-19(23)12-13-25(21,2)31)16-28(17)24(30)20-6-3-4-8-22(20)29-26-14-15-27-29/h3-9,14-15,17-18,31H,10-13,16H2,1-2H3/t17-,18-,25+/m1/s1. The summed E-state index contributed by atoms with van der Waals surface area (Å²) in [4.78, 5) is 16.9. The molecule has 166 valence electrons. The van der Waals surface area contributed by atoms with E-state index in [4.69, 9.17) is 4.74 Å². The maximum atomic E-state index is 13.6. The minimum absolute atomic E-state index is 0.0417. The van der Waals surface area contributed by atoms with Gasteiger partial charge in [0, 0.05) is 11.6 Å². The van der Waals surface area contributed by atoms with Crippen LogP contribution in [-0.4, -0.2) is 49.6 Å². The third-order valence-electron chi connectivity index (χ3n) is 6.74. The van der Waals surface area contributed by atoms with Crippen LogP contribution in [-0.2, 0) is 12.0 Å². The lowest BCUT2D eigenvalue weighted by molar-refractivity contribution is 0.0382. The molecule has 2 aromatic carbocycles. The van der Waals surface area contributed by atoms with Crippen molar-refractivity contribution >= 4 is 5.91 Å².